The van der Waals surface area contributed by atoms with Gasteiger partial charge in [0.15, 0.2) is 0 Å². The van der Waals surface area contributed by atoms with Gasteiger partial charge in [-0.05, 0) is 36.6 Å². The first kappa shape index (κ1) is 18.4. The van der Waals surface area contributed by atoms with Crippen molar-refractivity contribution < 1.29 is 32.7 Å². The Labute approximate surface area is 157 Å². The van der Waals surface area contributed by atoms with Crippen molar-refractivity contribution in [3.8, 4) is 0 Å². The van der Waals surface area contributed by atoms with Crippen molar-refractivity contribution in [1.29, 1.82) is 0 Å². The van der Waals surface area contributed by atoms with Crippen molar-refractivity contribution in [2.45, 2.75) is 71.8 Å². The Morgan fingerprint density at radius 3 is 2.38 bits per heavy atom. The van der Waals surface area contributed by atoms with E-state index in [1.54, 1.807) is 0 Å². The molecule has 0 bridgehead atoms. The van der Waals surface area contributed by atoms with Crippen molar-refractivity contribution >= 4 is 0 Å². The Kier molecular flexibility index (Phi) is 5.71. The first-order chi connectivity index (χ1) is 9.37. The van der Waals surface area contributed by atoms with Crippen molar-refractivity contribution in [3.63, 3.8) is 0 Å². The van der Waals surface area contributed by atoms with E-state index in [2.05, 4.69) is 34.1 Å². The summed E-state index contributed by atoms with van der Waals surface area (Å²) in [5.41, 5.74) is 7.07. The Morgan fingerprint density at radius 1 is 1.05 bits per heavy atom. The second-order valence-electron chi connectivity index (χ2n) is 8.64. The molecule has 7 unspecified atom stereocenters. The SMILES string of the molecule is [CH2-]C1C(C2(C)[CH-]CC(N)CC2)CCC2(C)C(C)CCC12.[Y]. The minimum Gasteiger partial charge on any atom is -0.340 e. The summed E-state index contributed by atoms with van der Waals surface area (Å²) < 4.78 is 0. The van der Waals surface area contributed by atoms with Crippen LogP contribution in [0.1, 0.15) is 65.7 Å². The van der Waals surface area contributed by atoms with Gasteiger partial charge in [0, 0.05) is 32.7 Å². The van der Waals surface area contributed by atoms with Crippen LogP contribution in [0, 0.1) is 47.8 Å². The molecule has 21 heavy (non-hydrogen) atoms. The zero-order chi connectivity index (χ0) is 14.5. The molecule has 0 aliphatic heterocycles. The molecule has 0 spiro atoms. The van der Waals surface area contributed by atoms with Crippen LogP contribution in [-0.4, -0.2) is 6.04 Å². The predicted molar refractivity (Wildman–Crippen MR) is 85.8 cm³/mol. The fourth-order valence-corrected chi connectivity index (χ4v) is 5.84. The van der Waals surface area contributed by atoms with Gasteiger partial charge in [-0.3, -0.25) is 0 Å². The molecule has 2 N–H and O–H groups in total. The topological polar surface area (TPSA) is 26.0 Å². The standard InChI is InChI=1S/C19H33N.Y/c1-13-5-6-17-14(2)16(9-12-19(13,17)4)18(3)10-7-15(20)8-11-18;/h10,13-17H,2,5-9,11-12,20H2,1,3-4H3;/q-2;. The van der Waals surface area contributed by atoms with Crippen LogP contribution in [0.4, 0.5) is 0 Å². The van der Waals surface area contributed by atoms with Crippen LogP contribution in [0.5, 0.6) is 0 Å². The Balaban J connectivity index is 0.00000161. The number of nitrogens with two attached hydrogens (primary N) is 1. The molecule has 3 aliphatic carbocycles. The van der Waals surface area contributed by atoms with Crippen LogP contribution in [0.3, 0.4) is 0 Å². The van der Waals surface area contributed by atoms with Crippen molar-refractivity contribution in [3.05, 3.63) is 13.3 Å². The third-order valence-electron chi connectivity index (χ3n) is 7.70. The summed E-state index contributed by atoms with van der Waals surface area (Å²) in [5, 5.41) is 0. The molecule has 1 radical (unpaired) electrons. The van der Waals surface area contributed by atoms with Gasteiger partial charge in [0.2, 0.25) is 0 Å². The van der Waals surface area contributed by atoms with Gasteiger partial charge in [-0.2, -0.15) is 17.8 Å². The van der Waals surface area contributed by atoms with Crippen LogP contribution in [0.25, 0.3) is 0 Å². The second-order valence-corrected chi connectivity index (χ2v) is 8.64. The third-order valence-corrected chi connectivity index (χ3v) is 7.70. The molecule has 0 aromatic heterocycles. The molecule has 0 aromatic rings. The monoisotopic (exact) mass is 364 g/mol. The minimum atomic E-state index is 0. The molecule has 3 saturated carbocycles. The van der Waals surface area contributed by atoms with Gasteiger partial charge in [-0.15, -0.1) is 0 Å². The van der Waals surface area contributed by atoms with Crippen molar-refractivity contribution in [2.24, 2.45) is 40.2 Å². The quantitative estimate of drug-likeness (QED) is 0.675. The van der Waals surface area contributed by atoms with Gasteiger partial charge >= 0.3 is 0 Å². The number of hydrogen-bond donors (Lipinski definition) is 1. The van der Waals surface area contributed by atoms with Crippen LogP contribution in [0.15, 0.2) is 0 Å². The molecular weight excluding hydrogens is 331 g/mol. The van der Waals surface area contributed by atoms with E-state index in [9.17, 15) is 0 Å². The van der Waals surface area contributed by atoms with Gasteiger partial charge in [0.05, 0.1) is 0 Å². The molecule has 2 heteroatoms. The first-order valence-corrected chi connectivity index (χ1v) is 8.80. The minimum absolute atomic E-state index is 0. The first-order valence-electron chi connectivity index (χ1n) is 8.80. The normalized spacial score (nSPS) is 53.9. The van der Waals surface area contributed by atoms with E-state index in [1.807, 2.05) is 0 Å². The molecule has 3 fully saturated rings. The van der Waals surface area contributed by atoms with Crippen LogP contribution < -0.4 is 5.73 Å². The Morgan fingerprint density at radius 2 is 1.76 bits per heavy atom. The summed E-state index contributed by atoms with van der Waals surface area (Å²) >= 11 is 0. The summed E-state index contributed by atoms with van der Waals surface area (Å²) in [6.07, 6.45) is 11.8. The maximum absolute atomic E-state index is 6.10. The summed E-state index contributed by atoms with van der Waals surface area (Å²) in [7, 11) is 0. The molecule has 3 aliphatic rings. The molecule has 3 rings (SSSR count). The zero-order valence-electron chi connectivity index (χ0n) is 14.3. The maximum Gasteiger partial charge on any atom is 0 e. The van der Waals surface area contributed by atoms with Gasteiger partial charge in [-0.1, -0.05) is 51.9 Å². The van der Waals surface area contributed by atoms with Crippen molar-refractivity contribution in [1.82, 2.24) is 0 Å². The average molecular weight is 364 g/mol. The molecule has 119 valence electrons. The summed E-state index contributed by atoms with van der Waals surface area (Å²) in [6.45, 7) is 12.2. The van der Waals surface area contributed by atoms with Crippen molar-refractivity contribution in [2.75, 3.05) is 0 Å². The summed E-state index contributed by atoms with van der Waals surface area (Å²) in [6, 6.07) is 0.409. The molecule has 0 amide bonds. The zero-order valence-corrected chi connectivity index (χ0v) is 17.1. The van der Waals surface area contributed by atoms with Gasteiger partial charge in [0.1, 0.15) is 0 Å². The number of rotatable bonds is 1. The van der Waals surface area contributed by atoms with Gasteiger partial charge < -0.3 is 19.1 Å². The average Bonchev–Trinajstić information content (AvgIpc) is 2.71. The van der Waals surface area contributed by atoms with Gasteiger partial charge in [0.25, 0.3) is 0 Å². The van der Waals surface area contributed by atoms with Gasteiger partial charge in [-0.25, -0.2) is 0 Å². The third kappa shape index (κ3) is 3.05. The van der Waals surface area contributed by atoms with E-state index in [-0.39, 0.29) is 32.7 Å². The maximum atomic E-state index is 6.10. The molecule has 0 heterocycles. The van der Waals surface area contributed by atoms with Crippen LogP contribution in [0.2, 0.25) is 0 Å². The molecule has 0 saturated heterocycles. The van der Waals surface area contributed by atoms with E-state index in [1.165, 1.54) is 38.5 Å². The van der Waals surface area contributed by atoms with Crippen LogP contribution >= 0.6 is 0 Å². The molecular formula is C19H33NY-2. The van der Waals surface area contributed by atoms with E-state index >= 15 is 0 Å². The van der Waals surface area contributed by atoms with E-state index in [4.69, 9.17) is 5.73 Å². The molecule has 1 nitrogen and oxygen atoms in total. The Bertz CT molecular complexity index is 361. The Hall–Kier alpha value is 1.06. The fraction of sp³-hybridized carbons (Fsp3) is 0.895. The second kappa shape index (κ2) is 6.52. The summed E-state index contributed by atoms with van der Waals surface area (Å²) in [4.78, 5) is 0. The van der Waals surface area contributed by atoms with Crippen LogP contribution in [-0.2, 0) is 32.7 Å². The largest absolute Gasteiger partial charge is 0.340 e. The molecule has 7 atom stereocenters. The van der Waals surface area contributed by atoms with E-state index in [0.717, 1.165) is 24.2 Å². The smallest absolute Gasteiger partial charge is 0 e. The molecule has 0 aromatic carbocycles. The van der Waals surface area contributed by atoms with E-state index in [0.29, 0.717) is 22.8 Å². The van der Waals surface area contributed by atoms with E-state index < -0.39 is 0 Å². The summed E-state index contributed by atoms with van der Waals surface area (Å²) in [5.74, 6) is 3.19. The fourth-order valence-electron chi connectivity index (χ4n) is 5.84. The predicted octanol–water partition coefficient (Wildman–Crippen LogP) is 4.62. The number of hydrogen-bond acceptors (Lipinski definition) is 1. The number of fused-ring (bicyclic) bond motifs is 1.